The topological polar surface area (TPSA) is 15.3 Å². The second-order valence-electron chi connectivity index (χ2n) is 4.88. The average molecular weight is 182 g/mol. The highest BCUT2D eigenvalue weighted by atomic mass is 15.2. The second kappa shape index (κ2) is 3.97. The van der Waals surface area contributed by atoms with Crippen molar-refractivity contribution in [1.29, 1.82) is 0 Å². The fourth-order valence-corrected chi connectivity index (χ4v) is 2.73. The van der Waals surface area contributed by atoms with Gasteiger partial charge in [0.15, 0.2) is 0 Å². The van der Waals surface area contributed by atoms with Gasteiger partial charge in [-0.15, -0.1) is 0 Å². The van der Waals surface area contributed by atoms with Gasteiger partial charge in [0.25, 0.3) is 0 Å². The third-order valence-corrected chi connectivity index (χ3v) is 3.81. The Morgan fingerprint density at radius 1 is 1.38 bits per heavy atom. The molecule has 0 aromatic rings. The van der Waals surface area contributed by atoms with Crippen LogP contribution in [0.3, 0.4) is 0 Å². The van der Waals surface area contributed by atoms with Crippen LogP contribution < -0.4 is 5.32 Å². The van der Waals surface area contributed by atoms with Gasteiger partial charge in [0, 0.05) is 12.6 Å². The van der Waals surface area contributed by atoms with Crippen molar-refractivity contribution in [2.75, 3.05) is 26.2 Å². The molecule has 2 aliphatic rings. The molecule has 0 aliphatic carbocycles. The van der Waals surface area contributed by atoms with Crippen LogP contribution in [-0.2, 0) is 0 Å². The lowest BCUT2D eigenvalue weighted by Crippen LogP contribution is -2.37. The van der Waals surface area contributed by atoms with E-state index in [4.69, 9.17) is 0 Å². The van der Waals surface area contributed by atoms with Crippen molar-refractivity contribution in [3.05, 3.63) is 0 Å². The summed E-state index contributed by atoms with van der Waals surface area (Å²) in [4.78, 5) is 2.68. The molecule has 1 N–H and O–H groups in total. The quantitative estimate of drug-likeness (QED) is 0.693. The smallest absolute Gasteiger partial charge is 0.0108 e. The zero-order valence-electron chi connectivity index (χ0n) is 8.92. The van der Waals surface area contributed by atoms with Gasteiger partial charge in [-0.3, -0.25) is 0 Å². The van der Waals surface area contributed by atoms with Crippen LogP contribution in [0.15, 0.2) is 0 Å². The molecule has 2 heteroatoms. The van der Waals surface area contributed by atoms with E-state index in [2.05, 4.69) is 24.1 Å². The minimum absolute atomic E-state index is 0.806. The van der Waals surface area contributed by atoms with Crippen molar-refractivity contribution in [2.24, 2.45) is 11.8 Å². The van der Waals surface area contributed by atoms with Gasteiger partial charge in [-0.25, -0.2) is 0 Å². The minimum atomic E-state index is 0.806. The molecule has 2 aliphatic heterocycles. The summed E-state index contributed by atoms with van der Waals surface area (Å²) in [5.74, 6) is 1.84. The van der Waals surface area contributed by atoms with Gasteiger partial charge in [-0.1, -0.05) is 6.92 Å². The Balaban J connectivity index is 1.85. The third kappa shape index (κ3) is 2.05. The van der Waals surface area contributed by atoms with E-state index in [0.29, 0.717) is 0 Å². The van der Waals surface area contributed by atoms with E-state index < -0.39 is 0 Å². The lowest BCUT2D eigenvalue weighted by atomic mass is 9.99. The molecule has 2 rings (SSSR count). The number of hydrogen-bond donors (Lipinski definition) is 1. The summed E-state index contributed by atoms with van der Waals surface area (Å²) in [7, 11) is 0. The van der Waals surface area contributed by atoms with Crippen molar-refractivity contribution in [2.45, 2.75) is 32.7 Å². The molecule has 0 amide bonds. The Bertz CT molecular complexity index is 163. The summed E-state index contributed by atoms with van der Waals surface area (Å²) in [6, 6.07) is 0.806. The van der Waals surface area contributed by atoms with Gasteiger partial charge >= 0.3 is 0 Å². The van der Waals surface area contributed by atoms with Crippen LogP contribution >= 0.6 is 0 Å². The number of likely N-dealkylation sites (tertiary alicyclic amines) is 1. The molecule has 13 heavy (non-hydrogen) atoms. The molecule has 2 nitrogen and oxygen atoms in total. The molecule has 0 radical (unpaired) electrons. The van der Waals surface area contributed by atoms with Gasteiger partial charge in [-0.2, -0.15) is 0 Å². The third-order valence-electron chi connectivity index (χ3n) is 3.81. The number of rotatable bonds is 2. The predicted molar refractivity (Wildman–Crippen MR) is 55.8 cm³/mol. The summed E-state index contributed by atoms with van der Waals surface area (Å²) < 4.78 is 0. The molecule has 2 saturated heterocycles. The molecule has 3 atom stereocenters. The number of nitrogens with one attached hydrogen (secondary N) is 1. The first-order valence-corrected chi connectivity index (χ1v) is 5.72. The summed E-state index contributed by atoms with van der Waals surface area (Å²) in [5, 5.41) is 3.46. The first-order valence-electron chi connectivity index (χ1n) is 5.72. The van der Waals surface area contributed by atoms with Crippen LogP contribution in [0.4, 0.5) is 0 Å². The number of nitrogens with zero attached hydrogens (tertiary/aromatic N) is 1. The highest BCUT2D eigenvalue weighted by molar-refractivity contribution is 4.85. The van der Waals surface area contributed by atoms with Gasteiger partial charge in [0.05, 0.1) is 0 Å². The van der Waals surface area contributed by atoms with E-state index in [-0.39, 0.29) is 0 Å². The van der Waals surface area contributed by atoms with Crippen LogP contribution in [0, 0.1) is 11.8 Å². The molecule has 0 bridgehead atoms. The Labute approximate surface area is 81.7 Å². The predicted octanol–water partition coefficient (Wildman–Crippen LogP) is 1.33. The maximum Gasteiger partial charge on any atom is 0.0108 e. The van der Waals surface area contributed by atoms with Gasteiger partial charge in [0.2, 0.25) is 0 Å². The lowest BCUT2D eigenvalue weighted by Gasteiger charge is -2.28. The largest absolute Gasteiger partial charge is 0.316 e. The van der Waals surface area contributed by atoms with E-state index in [1.54, 1.807) is 0 Å². The fourth-order valence-electron chi connectivity index (χ4n) is 2.73. The Morgan fingerprint density at radius 2 is 2.23 bits per heavy atom. The Hall–Kier alpha value is -0.0800. The first kappa shape index (κ1) is 9.47. The zero-order valence-corrected chi connectivity index (χ0v) is 8.92. The monoisotopic (exact) mass is 182 g/mol. The van der Waals surface area contributed by atoms with Crippen LogP contribution in [-0.4, -0.2) is 37.1 Å². The maximum absolute atomic E-state index is 3.46. The average Bonchev–Trinajstić information content (AvgIpc) is 2.72. The normalized spacial score (nSPS) is 38.3. The lowest BCUT2D eigenvalue weighted by molar-refractivity contribution is 0.193. The Kier molecular flexibility index (Phi) is 2.89. The highest BCUT2D eigenvalue weighted by Gasteiger charge is 2.29. The van der Waals surface area contributed by atoms with Crippen molar-refractivity contribution >= 4 is 0 Å². The van der Waals surface area contributed by atoms with E-state index >= 15 is 0 Å². The van der Waals surface area contributed by atoms with Crippen molar-refractivity contribution in [3.8, 4) is 0 Å². The first-order chi connectivity index (χ1) is 6.27. The van der Waals surface area contributed by atoms with Gasteiger partial charge < -0.3 is 10.2 Å². The van der Waals surface area contributed by atoms with Crippen molar-refractivity contribution in [3.63, 3.8) is 0 Å². The summed E-state index contributed by atoms with van der Waals surface area (Å²) >= 11 is 0. The standard InChI is InChI=1S/C11H22N2/c1-9-4-6-13(8-9)10(2)11-3-5-12-7-11/h9-12H,3-8H2,1-2H3/t9-,10?,11+/m0/s1. The molecular weight excluding hydrogens is 160 g/mol. The van der Waals surface area contributed by atoms with Gasteiger partial charge in [-0.05, 0) is 51.2 Å². The maximum atomic E-state index is 3.46. The molecule has 2 heterocycles. The van der Waals surface area contributed by atoms with E-state index in [9.17, 15) is 0 Å². The molecular formula is C11H22N2. The molecule has 0 aromatic carbocycles. The van der Waals surface area contributed by atoms with Crippen molar-refractivity contribution in [1.82, 2.24) is 10.2 Å². The van der Waals surface area contributed by atoms with E-state index in [0.717, 1.165) is 17.9 Å². The summed E-state index contributed by atoms with van der Waals surface area (Å²) in [6.07, 6.45) is 2.79. The second-order valence-corrected chi connectivity index (χ2v) is 4.88. The Morgan fingerprint density at radius 3 is 2.77 bits per heavy atom. The SMILES string of the molecule is CC([C@@H]1CCNC1)N1CC[C@H](C)C1. The number of hydrogen-bond acceptors (Lipinski definition) is 2. The molecule has 0 spiro atoms. The van der Waals surface area contributed by atoms with Crippen LogP contribution in [0.2, 0.25) is 0 Å². The minimum Gasteiger partial charge on any atom is -0.316 e. The van der Waals surface area contributed by atoms with E-state index in [1.807, 2.05) is 0 Å². The highest BCUT2D eigenvalue weighted by Crippen LogP contribution is 2.24. The molecule has 1 unspecified atom stereocenters. The van der Waals surface area contributed by atoms with Crippen LogP contribution in [0.5, 0.6) is 0 Å². The van der Waals surface area contributed by atoms with Crippen LogP contribution in [0.25, 0.3) is 0 Å². The van der Waals surface area contributed by atoms with Crippen molar-refractivity contribution < 1.29 is 0 Å². The molecule has 0 aromatic heterocycles. The van der Waals surface area contributed by atoms with Gasteiger partial charge in [0.1, 0.15) is 0 Å². The molecule has 0 saturated carbocycles. The summed E-state index contributed by atoms with van der Waals surface area (Å²) in [5.41, 5.74) is 0. The fraction of sp³-hybridized carbons (Fsp3) is 1.00. The van der Waals surface area contributed by atoms with E-state index in [1.165, 1.54) is 39.0 Å². The molecule has 76 valence electrons. The molecule has 2 fully saturated rings. The zero-order chi connectivity index (χ0) is 9.26. The summed E-state index contributed by atoms with van der Waals surface area (Å²) in [6.45, 7) is 9.93. The van der Waals surface area contributed by atoms with Crippen LogP contribution in [0.1, 0.15) is 26.7 Å².